The topological polar surface area (TPSA) is 81.9 Å². The minimum atomic E-state index is -0.732. The van der Waals surface area contributed by atoms with Gasteiger partial charge < -0.3 is 20.1 Å². The largest absolute Gasteiger partial charge is 0.468 e. The van der Waals surface area contributed by atoms with Gasteiger partial charge in [0, 0.05) is 26.6 Å². The molecule has 1 atom stereocenters. The highest BCUT2D eigenvalue weighted by Crippen LogP contribution is 2.00. The number of methoxy groups -OCH3 is 1. The molecule has 18 heavy (non-hydrogen) atoms. The summed E-state index contributed by atoms with van der Waals surface area (Å²) in [5, 5.41) is 0. The molecule has 0 saturated carbocycles. The first kappa shape index (κ1) is 19.5. The number of esters is 1. The van der Waals surface area contributed by atoms with E-state index in [1.165, 1.54) is 7.11 Å². The van der Waals surface area contributed by atoms with Gasteiger partial charge in [0.15, 0.2) is 0 Å². The van der Waals surface area contributed by atoms with Crippen molar-refractivity contribution in [1.29, 1.82) is 0 Å². The number of hydrogen-bond acceptors (Lipinski definition) is 5. The molecule has 0 aliphatic rings. The van der Waals surface area contributed by atoms with Gasteiger partial charge in [-0.3, -0.25) is 9.59 Å². The Labute approximate surface area is 114 Å². The molecular weight excluding hydrogens is 260 g/mol. The minimum absolute atomic E-state index is 0. The maximum atomic E-state index is 11.6. The van der Waals surface area contributed by atoms with Gasteiger partial charge in [0.1, 0.15) is 6.04 Å². The first-order chi connectivity index (χ1) is 8.02. The summed E-state index contributed by atoms with van der Waals surface area (Å²) in [5.41, 5.74) is 5.53. The Balaban J connectivity index is 0. The van der Waals surface area contributed by atoms with Gasteiger partial charge in [-0.2, -0.15) is 0 Å². The minimum Gasteiger partial charge on any atom is -0.468 e. The van der Waals surface area contributed by atoms with E-state index in [-0.39, 0.29) is 24.7 Å². The van der Waals surface area contributed by atoms with Gasteiger partial charge in [-0.05, 0) is 13.3 Å². The molecule has 0 aromatic carbocycles. The summed E-state index contributed by atoms with van der Waals surface area (Å²) in [5.74, 6) is -0.543. The second-order valence-corrected chi connectivity index (χ2v) is 3.68. The Hall–Kier alpha value is -0.850. The summed E-state index contributed by atoms with van der Waals surface area (Å²) in [6, 6.07) is -0.732. The number of hydrogen-bond donors (Lipinski definition) is 1. The van der Waals surface area contributed by atoms with Crippen LogP contribution in [0.4, 0.5) is 0 Å². The van der Waals surface area contributed by atoms with Gasteiger partial charge in [0.2, 0.25) is 5.91 Å². The lowest BCUT2D eigenvalue weighted by atomic mass is 10.1. The second kappa shape index (κ2) is 11.3. The van der Waals surface area contributed by atoms with Gasteiger partial charge in [-0.1, -0.05) is 0 Å². The zero-order chi connectivity index (χ0) is 13.3. The monoisotopic (exact) mass is 282 g/mol. The molecule has 0 spiro atoms. The number of rotatable bonds is 8. The molecule has 2 N–H and O–H groups in total. The molecular formula is C11H23ClN2O4. The number of likely N-dealkylation sites (N-methyl/N-ethyl adjacent to an activating group) is 1. The molecule has 108 valence electrons. The second-order valence-electron chi connectivity index (χ2n) is 3.68. The van der Waals surface area contributed by atoms with Crippen LogP contribution in [0.25, 0.3) is 0 Å². The Morgan fingerprint density at radius 1 is 1.39 bits per heavy atom. The van der Waals surface area contributed by atoms with Gasteiger partial charge >= 0.3 is 5.97 Å². The summed E-state index contributed by atoms with van der Waals surface area (Å²) in [4.78, 5) is 24.2. The standard InChI is InChI=1S/C11H22N2O4.ClH/c1-4-17-8-7-13(2)10(14)6-5-9(12)11(15)16-3;/h9H,4-8,12H2,1-3H3;1H/t9-;/m1./s1. The lowest BCUT2D eigenvalue weighted by Crippen LogP contribution is -2.35. The number of halogens is 1. The Morgan fingerprint density at radius 2 is 2.00 bits per heavy atom. The van der Waals surface area contributed by atoms with Gasteiger partial charge in [0.25, 0.3) is 0 Å². The molecule has 0 saturated heterocycles. The zero-order valence-corrected chi connectivity index (χ0v) is 12.0. The first-order valence-electron chi connectivity index (χ1n) is 5.68. The Kier molecular flexibility index (Phi) is 12.2. The van der Waals surface area contributed by atoms with E-state index < -0.39 is 12.0 Å². The van der Waals surface area contributed by atoms with Crippen molar-refractivity contribution in [3.8, 4) is 0 Å². The van der Waals surface area contributed by atoms with E-state index in [9.17, 15) is 9.59 Å². The van der Waals surface area contributed by atoms with Crippen LogP contribution in [0, 0.1) is 0 Å². The molecule has 7 heteroatoms. The number of nitrogens with two attached hydrogens (primary N) is 1. The van der Waals surface area contributed by atoms with Gasteiger partial charge in [-0.25, -0.2) is 0 Å². The fourth-order valence-corrected chi connectivity index (χ4v) is 1.21. The van der Waals surface area contributed by atoms with E-state index in [1.807, 2.05) is 6.92 Å². The van der Waals surface area contributed by atoms with Crippen LogP contribution in [-0.2, 0) is 19.1 Å². The van der Waals surface area contributed by atoms with E-state index in [0.717, 1.165) is 0 Å². The summed E-state index contributed by atoms with van der Waals surface area (Å²) >= 11 is 0. The van der Waals surface area contributed by atoms with Crippen molar-refractivity contribution in [3.63, 3.8) is 0 Å². The number of nitrogens with zero attached hydrogens (tertiary/aromatic N) is 1. The summed E-state index contributed by atoms with van der Waals surface area (Å²) < 4.78 is 9.62. The average molecular weight is 283 g/mol. The van der Waals surface area contributed by atoms with Crippen molar-refractivity contribution in [1.82, 2.24) is 4.90 Å². The third-order valence-electron chi connectivity index (χ3n) is 2.37. The summed E-state index contributed by atoms with van der Waals surface area (Å²) in [6.45, 7) is 3.59. The van der Waals surface area contributed by atoms with Crippen LogP contribution in [0.5, 0.6) is 0 Å². The normalized spacial score (nSPS) is 11.3. The molecule has 0 aliphatic carbocycles. The zero-order valence-electron chi connectivity index (χ0n) is 11.2. The fourth-order valence-electron chi connectivity index (χ4n) is 1.21. The molecule has 0 aromatic rings. The first-order valence-corrected chi connectivity index (χ1v) is 5.68. The highest BCUT2D eigenvalue weighted by molar-refractivity contribution is 5.85. The average Bonchev–Trinajstić information content (AvgIpc) is 2.34. The fraction of sp³-hybridized carbons (Fsp3) is 0.818. The van der Waals surface area contributed by atoms with Crippen molar-refractivity contribution in [2.75, 3.05) is 33.9 Å². The van der Waals surface area contributed by atoms with Crippen LogP contribution in [0.2, 0.25) is 0 Å². The lowest BCUT2D eigenvalue weighted by Gasteiger charge is -2.17. The molecule has 0 radical (unpaired) electrons. The van der Waals surface area contributed by atoms with Crippen LogP contribution in [0.3, 0.4) is 0 Å². The molecule has 0 heterocycles. The van der Waals surface area contributed by atoms with E-state index in [1.54, 1.807) is 11.9 Å². The predicted molar refractivity (Wildman–Crippen MR) is 70.6 cm³/mol. The maximum absolute atomic E-state index is 11.6. The van der Waals surface area contributed by atoms with Crippen molar-refractivity contribution >= 4 is 24.3 Å². The van der Waals surface area contributed by atoms with Crippen LogP contribution < -0.4 is 5.73 Å². The molecule has 0 unspecified atom stereocenters. The van der Waals surface area contributed by atoms with Crippen molar-refractivity contribution in [2.45, 2.75) is 25.8 Å². The molecule has 0 fully saturated rings. The van der Waals surface area contributed by atoms with E-state index in [2.05, 4.69) is 4.74 Å². The Bertz CT molecular complexity index is 251. The van der Waals surface area contributed by atoms with Crippen molar-refractivity contribution in [3.05, 3.63) is 0 Å². The van der Waals surface area contributed by atoms with Crippen LogP contribution >= 0.6 is 12.4 Å². The molecule has 6 nitrogen and oxygen atoms in total. The predicted octanol–water partition coefficient (Wildman–Crippen LogP) is 0.184. The van der Waals surface area contributed by atoms with Crippen LogP contribution in [0.1, 0.15) is 19.8 Å². The van der Waals surface area contributed by atoms with Crippen LogP contribution in [0.15, 0.2) is 0 Å². The van der Waals surface area contributed by atoms with Crippen molar-refractivity contribution < 1.29 is 19.1 Å². The highest BCUT2D eigenvalue weighted by Gasteiger charge is 2.16. The number of ether oxygens (including phenoxy) is 2. The van der Waals surface area contributed by atoms with E-state index >= 15 is 0 Å². The third-order valence-corrected chi connectivity index (χ3v) is 2.37. The van der Waals surface area contributed by atoms with Gasteiger partial charge in [-0.15, -0.1) is 12.4 Å². The van der Waals surface area contributed by atoms with Gasteiger partial charge in [0.05, 0.1) is 13.7 Å². The molecule has 1 amide bonds. The molecule has 0 aromatic heterocycles. The van der Waals surface area contributed by atoms with Crippen LogP contribution in [-0.4, -0.2) is 56.7 Å². The third kappa shape index (κ3) is 8.27. The maximum Gasteiger partial charge on any atom is 0.322 e. The summed E-state index contributed by atoms with van der Waals surface area (Å²) in [6.07, 6.45) is 0.531. The SMILES string of the molecule is CCOCCN(C)C(=O)CC[C@@H](N)C(=O)OC.Cl. The smallest absolute Gasteiger partial charge is 0.322 e. The number of carbonyl (C=O) groups is 2. The number of carbonyl (C=O) groups excluding carboxylic acids is 2. The lowest BCUT2D eigenvalue weighted by molar-refractivity contribution is -0.142. The summed E-state index contributed by atoms with van der Waals surface area (Å²) in [7, 11) is 2.98. The molecule has 0 aliphatic heterocycles. The highest BCUT2D eigenvalue weighted by atomic mass is 35.5. The number of amides is 1. The molecule has 0 rings (SSSR count). The quantitative estimate of drug-likeness (QED) is 0.507. The molecule has 0 bridgehead atoms. The van der Waals surface area contributed by atoms with Crippen molar-refractivity contribution in [2.24, 2.45) is 5.73 Å². The van der Waals surface area contributed by atoms with E-state index in [4.69, 9.17) is 10.5 Å². The Morgan fingerprint density at radius 3 is 2.50 bits per heavy atom. The van der Waals surface area contributed by atoms with E-state index in [0.29, 0.717) is 26.2 Å².